The zero-order valence-corrected chi connectivity index (χ0v) is 10.6. The summed E-state index contributed by atoms with van der Waals surface area (Å²) in [6, 6.07) is 4.96. The van der Waals surface area contributed by atoms with Gasteiger partial charge in [0.2, 0.25) is 0 Å². The largest absolute Gasteiger partial charge is 0.338 e. The molecule has 16 heavy (non-hydrogen) atoms. The fraction of sp³-hybridized carbons (Fsp3) is 0.417. The third-order valence-electron chi connectivity index (χ3n) is 2.82. The summed E-state index contributed by atoms with van der Waals surface area (Å²) in [5.74, 6) is 0.604. The Labute approximate surface area is 105 Å². The molecule has 1 heterocycles. The van der Waals surface area contributed by atoms with Crippen LogP contribution in [0.25, 0.3) is 0 Å². The van der Waals surface area contributed by atoms with Crippen LogP contribution in [-0.4, -0.2) is 23.9 Å². The smallest absolute Gasteiger partial charge is 0.253 e. The first-order valence-electron chi connectivity index (χ1n) is 5.31. The van der Waals surface area contributed by atoms with Crippen molar-refractivity contribution in [2.75, 3.05) is 13.1 Å². The fourth-order valence-electron chi connectivity index (χ4n) is 1.98. The molecule has 0 N–H and O–H groups in total. The molecule has 2 nitrogen and oxygen atoms in total. The van der Waals surface area contributed by atoms with E-state index in [0.29, 0.717) is 21.5 Å². The van der Waals surface area contributed by atoms with Gasteiger partial charge < -0.3 is 4.90 Å². The average Bonchev–Trinajstić information content (AvgIpc) is 2.62. The lowest BCUT2D eigenvalue weighted by Crippen LogP contribution is -2.28. The minimum absolute atomic E-state index is 0.0220. The molecule has 2 rings (SSSR count). The number of nitrogens with zero attached hydrogens (tertiary/aromatic N) is 1. The first-order valence-corrected chi connectivity index (χ1v) is 6.07. The monoisotopic (exact) mass is 257 g/mol. The van der Waals surface area contributed by atoms with Gasteiger partial charge in [-0.25, -0.2) is 0 Å². The van der Waals surface area contributed by atoms with Gasteiger partial charge in [-0.05, 0) is 30.5 Å². The summed E-state index contributed by atoms with van der Waals surface area (Å²) in [6.07, 6.45) is 1.07. The van der Waals surface area contributed by atoms with Crippen molar-refractivity contribution in [3.63, 3.8) is 0 Å². The van der Waals surface area contributed by atoms with E-state index in [1.165, 1.54) is 0 Å². The van der Waals surface area contributed by atoms with E-state index >= 15 is 0 Å². The maximum atomic E-state index is 12.1. The number of benzene rings is 1. The maximum Gasteiger partial charge on any atom is 0.253 e. The number of hydrogen-bond donors (Lipinski definition) is 0. The standard InChI is InChI=1S/C12H13Cl2NO/c1-8-2-3-15(7-8)12(16)9-4-10(13)6-11(14)5-9/h4-6,8H,2-3,7H2,1H3. The van der Waals surface area contributed by atoms with E-state index < -0.39 is 0 Å². The summed E-state index contributed by atoms with van der Waals surface area (Å²) in [4.78, 5) is 14.0. The average molecular weight is 258 g/mol. The highest BCUT2D eigenvalue weighted by Crippen LogP contribution is 2.23. The Bertz CT molecular complexity index is 399. The molecule has 0 aliphatic carbocycles. The molecular formula is C12H13Cl2NO. The van der Waals surface area contributed by atoms with Crippen LogP contribution in [0.1, 0.15) is 23.7 Å². The van der Waals surface area contributed by atoms with E-state index in [1.807, 2.05) is 4.90 Å². The molecule has 1 aliphatic rings. The molecule has 1 amide bonds. The minimum Gasteiger partial charge on any atom is -0.338 e. The molecule has 0 saturated carbocycles. The zero-order valence-electron chi connectivity index (χ0n) is 9.04. The third-order valence-corrected chi connectivity index (χ3v) is 3.26. The molecule has 1 fully saturated rings. The second kappa shape index (κ2) is 4.64. The van der Waals surface area contributed by atoms with Crippen LogP contribution in [0.2, 0.25) is 10.0 Å². The van der Waals surface area contributed by atoms with E-state index in [-0.39, 0.29) is 5.91 Å². The van der Waals surface area contributed by atoms with Gasteiger partial charge >= 0.3 is 0 Å². The highest BCUT2D eigenvalue weighted by atomic mass is 35.5. The van der Waals surface area contributed by atoms with E-state index in [1.54, 1.807) is 18.2 Å². The molecule has 0 spiro atoms. The van der Waals surface area contributed by atoms with E-state index in [2.05, 4.69) is 6.92 Å². The van der Waals surface area contributed by atoms with Gasteiger partial charge in [0, 0.05) is 28.7 Å². The highest BCUT2D eigenvalue weighted by molar-refractivity contribution is 6.35. The Balaban J connectivity index is 2.20. The van der Waals surface area contributed by atoms with Gasteiger partial charge in [-0.15, -0.1) is 0 Å². The van der Waals surface area contributed by atoms with Crippen LogP contribution in [0.3, 0.4) is 0 Å². The van der Waals surface area contributed by atoms with Crippen molar-refractivity contribution >= 4 is 29.1 Å². The van der Waals surface area contributed by atoms with Crippen molar-refractivity contribution in [1.29, 1.82) is 0 Å². The Morgan fingerprint density at radius 1 is 1.31 bits per heavy atom. The van der Waals surface area contributed by atoms with E-state index in [4.69, 9.17) is 23.2 Å². The lowest BCUT2D eigenvalue weighted by atomic mass is 10.2. The predicted octanol–water partition coefficient (Wildman–Crippen LogP) is 3.48. The molecule has 1 saturated heterocycles. The van der Waals surface area contributed by atoms with Crippen LogP contribution >= 0.6 is 23.2 Å². The van der Waals surface area contributed by atoms with Crippen molar-refractivity contribution in [2.45, 2.75) is 13.3 Å². The summed E-state index contributed by atoms with van der Waals surface area (Å²) < 4.78 is 0. The Hall–Kier alpha value is -0.730. The SMILES string of the molecule is CC1CCN(C(=O)c2cc(Cl)cc(Cl)c2)C1. The van der Waals surface area contributed by atoms with Crippen LogP contribution in [0.15, 0.2) is 18.2 Å². The molecule has 0 bridgehead atoms. The second-order valence-corrected chi connectivity index (χ2v) is 5.18. The fourth-order valence-corrected chi connectivity index (χ4v) is 2.51. The van der Waals surface area contributed by atoms with Crippen molar-refractivity contribution in [3.05, 3.63) is 33.8 Å². The summed E-state index contributed by atoms with van der Waals surface area (Å²) >= 11 is 11.7. The van der Waals surface area contributed by atoms with Crippen molar-refractivity contribution in [3.8, 4) is 0 Å². The van der Waals surface area contributed by atoms with Crippen LogP contribution in [0, 0.1) is 5.92 Å². The summed E-state index contributed by atoms with van der Waals surface area (Å²) in [6.45, 7) is 3.80. The number of amides is 1. The minimum atomic E-state index is 0.0220. The normalized spacial score (nSPS) is 20.2. The predicted molar refractivity (Wildman–Crippen MR) is 66.1 cm³/mol. The molecule has 1 aromatic carbocycles. The van der Waals surface area contributed by atoms with Crippen molar-refractivity contribution in [1.82, 2.24) is 4.90 Å². The van der Waals surface area contributed by atoms with Crippen LogP contribution in [-0.2, 0) is 0 Å². The summed E-state index contributed by atoms with van der Waals surface area (Å²) in [7, 11) is 0. The van der Waals surface area contributed by atoms with Gasteiger partial charge in [0.05, 0.1) is 0 Å². The molecule has 4 heteroatoms. The molecule has 0 aromatic heterocycles. The third kappa shape index (κ3) is 2.50. The van der Waals surface area contributed by atoms with Gasteiger partial charge in [-0.2, -0.15) is 0 Å². The van der Waals surface area contributed by atoms with Crippen LogP contribution in [0.5, 0.6) is 0 Å². The number of likely N-dealkylation sites (tertiary alicyclic amines) is 1. The molecule has 1 atom stereocenters. The summed E-state index contributed by atoms with van der Waals surface area (Å²) in [5, 5.41) is 1.01. The first kappa shape index (κ1) is 11.7. The Kier molecular flexibility index (Phi) is 3.41. The quantitative estimate of drug-likeness (QED) is 0.755. The number of rotatable bonds is 1. The lowest BCUT2D eigenvalue weighted by molar-refractivity contribution is 0.0788. The van der Waals surface area contributed by atoms with E-state index in [0.717, 1.165) is 19.5 Å². The molecule has 86 valence electrons. The van der Waals surface area contributed by atoms with Gasteiger partial charge in [0.25, 0.3) is 5.91 Å². The lowest BCUT2D eigenvalue weighted by Gasteiger charge is -2.16. The molecule has 1 unspecified atom stereocenters. The maximum absolute atomic E-state index is 12.1. The molecular weight excluding hydrogens is 245 g/mol. The van der Waals surface area contributed by atoms with Gasteiger partial charge in [-0.1, -0.05) is 30.1 Å². The van der Waals surface area contributed by atoms with Crippen molar-refractivity contribution in [2.24, 2.45) is 5.92 Å². The number of halogens is 2. The molecule has 1 aliphatic heterocycles. The number of carbonyl (C=O) groups is 1. The number of hydrogen-bond acceptors (Lipinski definition) is 1. The van der Waals surface area contributed by atoms with Crippen LogP contribution < -0.4 is 0 Å². The van der Waals surface area contributed by atoms with E-state index in [9.17, 15) is 4.79 Å². The Morgan fingerprint density at radius 2 is 1.94 bits per heavy atom. The first-order chi connectivity index (χ1) is 7.56. The van der Waals surface area contributed by atoms with Gasteiger partial charge in [-0.3, -0.25) is 4.79 Å². The summed E-state index contributed by atoms with van der Waals surface area (Å²) in [5.41, 5.74) is 0.576. The van der Waals surface area contributed by atoms with Gasteiger partial charge in [0.15, 0.2) is 0 Å². The van der Waals surface area contributed by atoms with Crippen molar-refractivity contribution < 1.29 is 4.79 Å². The van der Waals surface area contributed by atoms with Gasteiger partial charge in [0.1, 0.15) is 0 Å². The zero-order chi connectivity index (χ0) is 11.7. The second-order valence-electron chi connectivity index (χ2n) is 4.30. The highest BCUT2D eigenvalue weighted by Gasteiger charge is 2.24. The Morgan fingerprint density at radius 3 is 2.44 bits per heavy atom. The molecule has 0 radical (unpaired) electrons. The topological polar surface area (TPSA) is 20.3 Å². The molecule has 1 aromatic rings. The number of carbonyl (C=O) groups excluding carboxylic acids is 1. The van der Waals surface area contributed by atoms with Crippen LogP contribution in [0.4, 0.5) is 0 Å².